The first kappa shape index (κ1) is 18.5. The molecule has 0 amide bonds. The van der Waals surface area contributed by atoms with Gasteiger partial charge in [-0.25, -0.2) is 9.59 Å². The fraction of sp³-hybridized carbons (Fsp3) is 0.167. The van der Waals surface area contributed by atoms with E-state index in [9.17, 15) is 24.6 Å². The van der Waals surface area contributed by atoms with Crippen molar-refractivity contribution in [3.05, 3.63) is 70.2 Å². The highest BCUT2D eigenvalue weighted by Crippen LogP contribution is 2.48. The summed E-state index contributed by atoms with van der Waals surface area (Å²) in [7, 11) is 0. The molecule has 3 rings (SSSR count). The van der Waals surface area contributed by atoms with E-state index < -0.39 is 35.4 Å². The van der Waals surface area contributed by atoms with Gasteiger partial charge in [0, 0.05) is 5.02 Å². The molecule has 0 bridgehead atoms. The van der Waals surface area contributed by atoms with Crippen LogP contribution >= 0.6 is 11.6 Å². The Hall–Kier alpha value is -3.26. The fourth-order valence-corrected chi connectivity index (χ4v) is 3.35. The SMILES string of the molecule is O=C(O)c1ccc(C2(c3ccc(Cl)cc3)N=NC(C(=O)O)C2C(=O)O)cc1. The van der Waals surface area contributed by atoms with Crippen molar-refractivity contribution in [1.29, 1.82) is 0 Å². The number of azo groups is 1. The average Bonchev–Trinajstić information content (AvgIpc) is 3.04. The maximum Gasteiger partial charge on any atom is 0.335 e. The fourth-order valence-electron chi connectivity index (χ4n) is 3.23. The van der Waals surface area contributed by atoms with Gasteiger partial charge in [-0.2, -0.15) is 10.2 Å². The van der Waals surface area contributed by atoms with Gasteiger partial charge < -0.3 is 15.3 Å². The lowest BCUT2D eigenvalue weighted by molar-refractivity contribution is -0.150. The van der Waals surface area contributed by atoms with Crippen LogP contribution in [0, 0.1) is 5.92 Å². The molecule has 0 aliphatic carbocycles. The van der Waals surface area contributed by atoms with Crippen LogP contribution in [0.25, 0.3) is 0 Å². The average molecular weight is 389 g/mol. The van der Waals surface area contributed by atoms with E-state index in [1.165, 1.54) is 36.4 Å². The van der Waals surface area contributed by atoms with E-state index in [1.54, 1.807) is 12.1 Å². The molecule has 2 aromatic carbocycles. The summed E-state index contributed by atoms with van der Waals surface area (Å²) in [6, 6.07) is 10.0. The molecule has 8 nitrogen and oxygen atoms in total. The van der Waals surface area contributed by atoms with Gasteiger partial charge in [0.15, 0.2) is 6.04 Å². The summed E-state index contributed by atoms with van der Waals surface area (Å²) in [5.41, 5.74) is -0.928. The van der Waals surface area contributed by atoms with Crippen LogP contribution in [-0.4, -0.2) is 39.3 Å². The largest absolute Gasteiger partial charge is 0.481 e. The summed E-state index contributed by atoms with van der Waals surface area (Å²) in [5, 5.41) is 36.5. The quantitative estimate of drug-likeness (QED) is 0.720. The lowest BCUT2D eigenvalue weighted by Crippen LogP contribution is -2.44. The molecule has 9 heteroatoms. The number of aliphatic carboxylic acids is 2. The molecule has 1 aliphatic heterocycles. The highest BCUT2D eigenvalue weighted by atomic mass is 35.5. The maximum absolute atomic E-state index is 12.0. The van der Waals surface area contributed by atoms with Crippen LogP contribution in [0.1, 0.15) is 21.5 Å². The first-order valence-corrected chi connectivity index (χ1v) is 8.12. The van der Waals surface area contributed by atoms with E-state index in [4.69, 9.17) is 16.7 Å². The minimum absolute atomic E-state index is 0.00148. The normalized spacial score (nSPS) is 23.9. The monoisotopic (exact) mass is 388 g/mol. The van der Waals surface area contributed by atoms with E-state index in [2.05, 4.69) is 10.2 Å². The summed E-state index contributed by atoms with van der Waals surface area (Å²) in [6.07, 6.45) is 0. The molecule has 1 aliphatic rings. The van der Waals surface area contributed by atoms with Crippen LogP contribution in [0.5, 0.6) is 0 Å². The molecule has 0 saturated carbocycles. The Labute approximate surface area is 157 Å². The number of rotatable bonds is 5. The zero-order valence-electron chi connectivity index (χ0n) is 13.6. The van der Waals surface area contributed by atoms with Crippen LogP contribution in [0.15, 0.2) is 58.8 Å². The van der Waals surface area contributed by atoms with Crippen LogP contribution in [-0.2, 0) is 15.1 Å². The topological polar surface area (TPSA) is 137 Å². The Morgan fingerprint density at radius 2 is 1.37 bits per heavy atom. The second-order valence-electron chi connectivity index (χ2n) is 5.97. The minimum atomic E-state index is -1.63. The van der Waals surface area contributed by atoms with E-state index >= 15 is 0 Å². The van der Waals surface area contributed by atoms with E-state index in [1.807, 2.05) is 0 Å². The third-order valence-electron chi connectivity index (χ3n) is 4.48. The molecule has 3 N–H and O–H groups in total. The molecule has 27 heavy (non-hydrogen) atoms. The Balaban J connectivity index is 2.25. The first-order valence-electron chi connectivity index (χ1n) is 7.75. The van der Waals surface area contributed by atoms with Crippen molar-refractivity contribution < 1.29 is 29.7 Å². The Morgan fingerprint density at radius 3 is 1.81 bits per heavy atom. The zero-order chi connectivity index (χ0) is 19.8. The molecular formula is C18H13ClN2O6. The molecule has 0 saturated heterocycles. The molecule has 0 spiro atoms. The summed E-state index contributed by atoms with van der Waals surface area (Å²) in [5.74, 6) is -5.46. The van der Waals surface area contributed by atoms with Crippen molar-refractivity contribution in [1.82, 2.24) is 0 Å². The van der Waals surface area contributed by atoms with Crippen LogP contribution < -0.4 is 0 Å². The van der Waals surface area contributed by atoms with Crippen molar-refractivity contribution in [3.8, 4) is 0 Å². The molecule has 3 atom stereocenters. The van der Waals surface area contributed by atoms with Gasteiger partial charge >= 0.3 is 17.9 Å². The molecule has 2 aromatic rings. The summed E-state index contributed by atoms with van der Waals surface area (Å²) in [4.78, 5) is 34.7. The van der Waals surface area contributed by atoms with Gasteiger partial charge in [-0.15, -0.1) is 0 Å². The Kier molecular flexibility index (Phi) is 4.67. The van der Waals surface area contributed by atoms with Gasteiger partial charge in [0.25, 0.3) is 0 Å². The van der Waals surface area contributed by atoms with E-state index in [-0.39, 0.29) is 5.56 Å². The van der Waals surface area contributed by atoms with Crippen molar-refractivity contribution in [2.24, 2.45) is 16.1 Å². The number of aromatic carboxylic acids is 1. The number of nitrogens with zero attached hydrogens (tertiary/aromatic N) is 2. The molecule has 138 valence electrons. The zero-order valence-corrected chi connectivity index (χ0v) is 14.4. The van der Waals surface area contributed by atoms with Gasteiger partial charge in [-0.05, 0) is 35.4 Å². The van der Waals surface area contributed by atoms with Crippen molar-refractivity contribution >= 4 is 29.5 Å². The highest BCUT2D eigenvalue weighted by molar-refractivity contribution is 6.30. The molecular weight excluding hydrogens is 376 g/mol. The highest BCUT2D eigenvalue weighted by Gasteiger charge is 2.57. The Morgan fingerprint density at radius 1 is 0.852 bits per heavy atom. The van der Waals surface area contributed by atoms with Crippen LogP contribution in [0.4, 0.5) is 0 Å². The second kappa shape index (κ2) is 6.81. The summed E-state index contributed by atoms with van der Waals surface area (Å²) >= 11 is 5.91. The van der Waals surface area contributed by atoms with Crippen LogP contribution in [0.3, 0.4) is 0 Å². The molecule has 0 aromatic heterocycles. The molecule has 3 unspecified atom stereocenters. The third-order valence-corrected chi connectivity index (χ3v) is 4.73. The maximum atomic E-state index is 12.0. The lowest BCUT2D eigenvalue weighted by Gasteiger charge is -2.31. The van der Waals surface area contributed by atoms with Gasteiger partial charge in [0.05, 0.1) is 5.56 Å². The predicted octanol–water partition coefficient (Wildman–Crippen LogP) is 2.90. The van der Waals surface area contributed by atoms with Gasteiger partial charge in [-0.1, -0.05) is 35.9 Å². The van der Waals surface area contributed by atoms with Crippen molar-refractivity contribution in [2.45, 2.75) is 11.6 Å². The van der Waals surface area contributed by atoms with Gasteiger partial charge in [0.2, 0.25) is 0 Å². The summed E-state index contributed by atoms with van der Waals surface area (Å²) < 4.78 is 0. The number of benzene rings is 2. The minimum Gasteiger partial charge on any atom is -0.481 e. The number of halogens is 1. The first-order chi connectivity index (χ1) is 12.8. The number of carbonyl (C=O) groups is 3. The Bertz CT molecular complexity index is 941. The summed E-state index contributed by atoms with van der Waals surface area (Å²) in [6.45, 7) is 0. The predicted molar refractivity (Wildman–Crippen MR) is 93.0 cm³/mol. The van der Waals surface area contributed by atoms with Crippen molar-refractivity contribution in [3.63, 3.8) is 0 Å². The number of hydrogen-bond acceptors (Lipinski definition) is 5. The van der Waals surface area contributed by atoms with E-state index in [0.717, 1.165) is 0 Å². The lowest BCUT2D eigenvalue weighted by atomic mass is 9.71. The standard InChI is InChI=1S/C18H13ClN2O6/c19-12-7-5-11(6-8-12)18(10-3-1-9(2-4-10)15(22)23)13(16(24)25)14(17(26)27)20-21-18/h1-8,13-14H,(H,22,23)(H,24,25)(H,26,27). The molecule has 1 heterocycles. The number of hydrogen-bond donors (Lipinski definition) is 3. The van der Waals surface area contributed by atoms with Gasteiger partial charge in [0.1, 0.15) is 11.5 Å². The number of carboxylic acid groups (broad SMARTS) is 3. The molecule has 0 radical (unpaired) electrons. The van der Waals surface area contributed by atoms with E-state index in [0.29, 0.717) is 16.1 Å². The second-order valence-corrected chi connectivity index (χ2v) is 6.41. The van der Waals surface area contributed by atoms with Crippen LogP contribution in [0.2, 0.25) is 5.02 Å². The molecule has 0 fully saturated rings. The van der Waals surface area contributed by atoms with Gasteiger partial charge in [-0.3, -0.25) is 4.79 Å². The smallest absolute Gasteiger partial charge is 0.335 e. The third kappa shape index (κ3) is 3.04. The van der Waals surface area contributed by atoms with Crippen molar-refractivity contribution in [2.75, 3.05) is 0 Å². The number of carboxylic acids is 3.